The number of aromatic nitrogens is 1. The summed E-state index contributed by atoms with van der Waals surface area (Å²) in [4.78, 5) is 28.9. The van der Waals surface area contributed by atoms with E-state index in [1.54, 1.807) is 19.1 Å². The topological polar surface area (TPSA) is 92.4 Å². The summed E-state index contributed by atoms with van der Waals surface area (Å²) in [6.45, 7) is 5.58. The molecule has 4 rings (SSSR count). The third-order valence-corrected chi connectivity index (χ3v) is 5.77. The SMILES string of the molecule is Cc1cc([C@@H](C)Nc2ccc(Br)nc2C(=O)O)c2oc(-c3ccccc3)c(C)c(=O)c2c1. The van der Waals surface area contributed by atoms with Crippen molar-refractivity contribution in [1.82, 2.24) is 4.98 Å². The first-order valence-corrected chi connectivity index (χ1v) is 10.9. The van der Waals surface area contributed by atoms with Crippen molar-refractivity contribution in [3.8, 4) is 11.3 Å². The Bertz CT molecular complexity index is 1400. The molecule has 2 aromatic carbocycles. The summed E-state index contributed by atoms with van der Waals surface area (Å²) in [7, 11) is 0. The van der Waals surface area contributed by atoms with Gasteiger partial charge < -0.3 is 14.8 Å². The van der Waals surface area contributed by atoms with Gasteiger partial charge in [-0.2, -0.15) is 0 Å². The van der Waals surface area contributed by atoms with Crippen LogP contribution in [-0.4, -0.2) is 16.1 Å². The highest BCUT2D eigenvalue weighted by atomic mass is 79.9. The van der Waals surface area contributed by atoms with E-state index < -0.39 is 5.97 Å². The summed E-state index contributed by atoms with van der Waals surface area (Å²) in [6.07, 6.45) is 0. The molecule has 0 saturated carbocycles. The Balaban J connectivity index is 1.88. The Labute approximate surface area is 193 Å². The van der Waals surface area contributed by atoms with Gasteiger partial charge in [-0.25, -0.2) is 9.78 Å². The quantitative estimate of drug-likeness (QED) is 0.326. The Morgan fingerprint density at radius 1 is 1.12 bits per heavy atom. The van der Waals surface area contributed by atoms with Crippen molar-refractivity contribution in [2.75, 3.05) is 5.32 Å². The molecule has 0 aliphatic carbocycles. The van der Waals surface area contributed by atoms with Crippen molar-refractivity contribution in [1.29, 1.82) is 0 Å². The van der Waals surface area contributed by atoms with Crippen LogP contribution in [0.2, 0.25) is 0 Å². The van der Waals surface area contributed by atoms with Gasteiger partial charge in [0.2, 0.25) is 0 Å². The molecule has 0 bridgehead atoms. The van der Waals surface area contributed by atoms with Crippen LogP contribution >= 0.6 is 15.9 Å². The predicted molar refractivity (Wildman–Crippen MR) is 128 cm³/mol. The van der Waals surface area contributed by atoms with Gasteiger partial charge in [-0.3, -0.25) is 4.79 Å². The first-order valence-electron chi connectivity index (χ1n) is 10.1. The minimum atomic E-state index is -1.14. The number of carbonyl (C=O) groups is 1. The molecule has 0 fully saturated rings. The fourth-order valence-electron chi connectivity index (χ4n) is 3.78. The number of carboxylic acids is 1. The molecule has 6 nitrogen and oxygen atoms in total. The molecule has 0 unspecified atom stereocenters. The Hall–Kier alpha value is -3.45. The number of fused-ring (bicyclic) bond motifs is 1. The van der Waals surface area contributed by atoms with Gasteiger partial charge in [-0.15, -0.1) is 0 Å². The second-order valence-corrected chi connectivity index (χ2v) is 8.50. The van der Waals surface area contributed by atoms with Crippen LogP contribution in [0, 0.1) is 13.8 Å². The fraction of sp³-hybridized carbons (Fsp3) is 0.160. The average Bonchev–Trinajstić information content (AvgIpc) is 2.77. The zero-order valence-corrected chi connectivity index (χ0v) is 19.4. The highest BCUT2D eigenvalue weighted by Crippen LogP contribution is 2.32. The summed E-state index contributed by atoms with van der Waals surface area (Å²) in [5.74, 6) is -0.611. The average molecular weight is 493 g/mol. The van der Waals surface area contributed by atoms with Crippen LogP contribution in [0.1, 0.15) is 40.1 Å². The second kappa shape index (κ2) is 8.59. The minimum absolute atomic E-state index is 0.0845. The molecule has 4 aromatic rings. The number of carboxylic acid groups (broad SMARTS) is 1. The Morgan fingerprint density at radius 2 is 1.84 bits per heavy atom. The van der Waals surface area contributed by atoms with Crippen LogP contribution in [0.3, 0.4) is 0 Å². The van der Waals surface area contributed by atoms with Gasteiger partial charge in [-0.05, 0) is 60.5 Å². The van der Waals surface area contributed by atoms with E-state index in [-0.39, 0.29) is 17.2 Å². The van der Waals surface area contributed by atoms with Crippen LogP contribution in [0.5, 0.6) is 0 Å². The number of anilines is 1. The van der Waals surface area contributed by atoms with E-state index in [0.29, 0.717) is 32.6 Å². The molecular weight excluding hydrogens is 472 g/mol. The van der Waals surface area contributed by atoms with E-state index in [9.17, 15) is 14.7 Å². The van der Waals surface area contributed by atoms with Crippen molar-refractivity contribution in [2.24, 2.45) is 0 Å². The van der Waals surface area contributed by atoms with Crippen molar-refractivity contribution >= 4 is 38.6 Å². The summed E-state index contributed by atoms with van der Waals surface area (Å²) in [5, 5.41) is 13.3. The van der Waals surface area contributed by atoms with Gasteiger partial charge in [0.15, 0.2) is 11.1 Å². The first kappa shape index (κ1) is 21.8. The summed E-state index contributed by atoms with van der Waals surface area (Å²) in [5.41, 5.74) is 3.71. The number of pyridine rings is 1. The van der Waals surface area contributed by atoms with E-state index in [1.807, 2.05) is 56.3 Å². The number of hydrogen-bond donors (Lipinski definition) is 2. The summed E-state index contributed by atoms with van der Waals surface area (Å²) >= 11 is 3.21. The molecule has 2 heterocycles. The van der Waals surface area contributed by atoms with Crippen molar-refractivity contribution in [3.63, 3.8) is 0 Å². The third kappa shape index (κ3) is 4.03. The number of halogens is 1. The Morgan fingerprint density at radius 3 is 2.53 bits per heavy atom. The number of aromatic carboxylic acids is 1. The zero-order chi connectivity index (χ0) is 23.0. The van der Waals surface area contributed by atoms with Crippen LogP contribution in [0.4, 0.5) is 5.69 Å². The van der Waals surface area contributed by atoms with Gasteiger partial charge in [0.05, 0.1) is 17.1 Å². The van der Waals surface area contributed by atoms with E-state index >= 15 is 0 Å². The molecule has 0 aliphatic heterocycles. The predicted octanol–water partition coefficient (Wildman–Crippen LogP) is 6.11. The molecule has 0 amide bonds. The van der Waals surface area contributed by atoms with Crippen molar-refractivity contribution < 1.29 is 14.3 Å². The lowest BCUT2D eigenvalue weighted by atomic mass is 9.98. The van der Waals surface area contributed by atoms with Crippen LogP contribution in [-0.2, 0) is 0 Å². The summed E-state index contributed by atoms with van der Waals surface area (Å²) in [6, 6.07) is 16.2. The Kier molecular flexibility index (Phi) is 5.84. The van der Waals surface area contributed by atoms with Gasteiger partial charge >= 0.3 is 5.97 Å². The van der Waals surface area contributed by atoms with E-state index in [1.165, 1.54) is 0 Å². The lowest BCUT2D eigenvalue weighted by molar-refractivity contribution is 0.0691. The molecule has 0 radical (unpaired) electrons. The number of nitrogens with zero attached hydrogens (tertiary/aromatic N) is 1. The third-order valence-electron chi connectivity index (χ3n) is 5.33. The molecule has 0 aliphatic rings. The zero-order valence-electron chi connectivity index (χ0n) is 17.8. The number of rotatable bonds is 5. The maximum absolute atomic E-state index is 13.2. The summed E-state index contributed by atoms with van der Waals surface area (Å²) < 4.78 is 6.76. The van der Waals surface area contributed by atoms with Crippen LogP contribution in [0.25, 0.3) is 22.3 Å². The second-order valence-electron chi connectivity index (χ2n) is 7.68. The molecule has 0 spiro atoms. The monoisotopic (exact) mass is 492 g/mol. The van der Waals surface area contributed by atoms with Gasteiger partial charge in [0, 0.05) is 16.7 Å². The van der Waals surface area contributed by atoms with E-state index in [4.69, 9.17) is 4.42 Å². The lowest BCUT2D eigenvalue weighted by Crippen LogP contribution is -2.14. The van der Waals surface area contributed by atoms with Gasteiger partial charge in [0.1, 0.15) is 15.9 Å². The highest BCUT2D eigenvalue weighted by Gasteiger charge is 2.21. The maximum atomic E-state index is 13.2. The van der Waals surface area contributed by atoms with E-state index in [2.05, 4.69) is 26.2 Å². The largest absolute Gasteiger partial charge is 0.476 e. The van der Waals surface area contributed by atoms with Crippen molar-refractivity contribution in [3.05, 3.63) is 91.8 Å². The minimum Gasteiger partial charge on any atom is -0.476 e. The number of benzene rings is 2. The van der Waals surface area contributed by atoms with Crippen LogP contribution in [0.15, 0.2) is 68.4 Å². The highest BCUT2D eigenvalue weighted by molar-refractivity contribution is 9.10. The number of aryl methyl sites for hydroxylation is 1. The fourth-order valence-corrected chi connectivity index (χ4v) is 4.09. The molecule has 32 heavy (non-hydrogen) atoms. The van der Waals surface area contributed by atoms with Gasteiger partial charge in [0.25, 0.3) is 0 Å². The number of nitrogens with one attached hydrogen (secondary N) is 1. The smallest absolute Gasteiger partial charge is 0.356 e. The lowest BCUT2D eigenvalue weighted by Gasteiger charge is -2.19. The maximum Gasteiger partial charge on any atom is 0.356 e. The standard InChI is InChI=1S/C25H21BrN2O4/c1-13-11-17(15(3)27-19-9-10-20(26)28-21(19)25(30)31)24-18(12-13)22(29)14(2)23(32-24)16-7-5-4-6-8-16/h4-12,15,27H,1-3H3,(H,30,31)/t15-/m1/s1. The van der Waals surface area contributed by atoms with Crippen molar-refractivity contribution in [2.45, 2.75) is 26.8 Å². The molecule has 1 atom stereocenters. The molecule has 2 N–H and O–H groups in total. The first-order chi connectivity index (χ1) is 15.3. The molecular formula is C25H21BrN2O4. The molecule has 162 valence electrons. The molecule has 7 heteroatoms. The van der Waals surface area contributed by atoms with E-state index in [0.717, 1.165) is 16.7 Å². The normalized spacial score (nSPS) is 12.0. The molecule has 2 aromatic heterocycles. The van der Waals surface area contributed by atoms with Crippen LogP contribution < -0.4 is 10.7 Å². The molecule has 0 saturated heterocycles. The number of hydrogen-bond acceptors (Lipinski definition) is 5. The van der Waals surface area contributed by atoms with Gasteiger partial charge in [-0.1, -0.05) is 36.4 Å².